The molecule has 2 N–H and O–H groups in total. The molecule has 4 heteroatoms. The van der Waals surface area contributed by atoms with Gasteiger partial charge in [-0.2, -0.15) is 0 Å². The van der Waals surface area contributed by atoms with Crippen LogP contribution in [0.2, 0.25) is 0 Å². The van der Waals surface area contributed by atoms with E-state index in [1.807, 2.05) is 6.92 Å². The largest absolute Gasteiger partial charge is 0.480 e. The first-order chi connectivity index (χ1) is 8.39. The second-order valence-electron chi connectivity index (χ2n) is 6.04. The molecule has 0 saturated heterocycles. The fourth-order valence-corrected chi connectivity index (χ4v) is 2.36. The lowest BCUT2D eigenvalue weighted by atomic mass is 9.97. The van der Waals surface area contributed by atoms with Gasteiger partial charge in [0, 0.05) is 19.1 Å². The normalized spacial score (nSPS) is 19.2. The first kappa shape index (κ1) is 15.4. The summed E-state index contributed by atoms with van der Waals surface area (Å²) in [7, 11) is 0. The van der Waals surface area contributed by atoms with E-state index in [9.17, 15) is 9.90 Å². The lowest BCUT2D eigenvalue weighted by Gasteiger charge is -2.30. The van der Waals surface area contributed by atoms with Crippen LogP contribution in [0.1, 0.15) is 47.0 Å². The van der Waals surface area contributed by atoms with Crippen molar-refractivity contribution in [2.75, 3.05) is 19.6 Å². The molecule has 0 bridgehead atoms. The summed E-state index contributed by atoms with van der Waals surface area (Å²) in [6, 6.07) is 0.701. The highest BCUT2D eigenvalue weighted by Crippen LogP contribution is 2.28. The first-order valence-corrected chi connectivity index (χ1v) is 7.11. The minimum atomic E-state index is -0.793. The molecule has 0 radical (unpaired) electrons. The van der Waals surface area contributed by atoms with Crippen LogP contribution in [0.5, 0.6) is 0 Å². The standard InChI is InChI=1S/C14H28N2O2/c1-5-15-14(4,13(17)18)8-9-16(10-11(2)3)12-6-7-12/h11-12,15H,5-10H2,1-4H3,(H,17,18). The van der Waals surface area contributed by atoms with Gasteiger partial charge < -0.3 is 15.3 Å². The Morgan fingerprint density at radius 2 is 2.11 bits per heavy atom. The molecule has 4 nitrogen and oxygen atoms in total. The molecule has 106 valence electrons. The molecule has 1 aliphatic rings. The third-order valence-corrected chi connectivity index (χ3v) is 3.60. The number of carboxylic acid groups (broad SMARTS) is 1. The van der Waals surface area contributed by atoms with Crippen molar-refractivity contribution in [3.63, 3.8) is 0 Å². The van der Waals surface area contributed by atoms with Gasteiger partial charge >= 0.3 is 5.97 Å². The van der Waals surface area contributed by atoms with Crippen LogP contribution in [0.3, 0.4) is 0 Å². The van der Waals surface area contributed by atoms with Crippen molar-refractivity contribution in [2.24, 2.45) is 5.92 Å². The fourth-order valence-electron chi connectivity index (χ4n) is 2.36. The van der Waals surface area contributed by atoms with Crippen molar-refractivity contribution in [3.8, 4) is 0 Å². The topological polar surface area (TPSA) is 52.6 Å². The minimum absolute atomic E-state index is 0.640. The van der Waals surface area contributed by atoms with Crippen molar-refractivity contribution in [1.82, 2.24) is 10.2 Å². The van der Waals surface area contributed by atoms with Crippen LogP contribution >= 0.6 is 0 Å². The van der Waals surface area contributed by atoms with Crippen LogP contribution in [-0.4, -0.2) is 47.2 Å². The Kier molecular flexibility index (Phi) is 5.60. The van der Waals surface area contributed by atoms with Crippen LogP contribution in [0.25, 0.3) is 0 Å². The Morgan fingerprint density at radius 1 is 1.50 bits per heavy atom. The van der Waals surface area contributed by atoms with E-state index in [4.69, 9.17) is 0 Å². The smallest absolute Gasteiger partial charge is 0.323 e. The predicted octanol–water partition coefficient (Wildman–Crippen LogP) is 1.95. The zero-order valence-corrected chi connectivity index (χ0v) is 12.2. The van der Waals surface area contributed by atoms with Crippen molar-refractivity contribution in [1.29, 1.82) is 0 Å². The molecule has 1 fully saturated rings. The van der Waals surface area contributed by atoms with E-state index < -0.39 is 11.5 Å². The summed E-state index contributed by atoms with van der Waals surface area (Å²) in [5.74, 6) is -0.106. The van der Waals surface area contributed by atoms with Crippen LogP contribution in [0.15, 0.2) is 0 Å². The number of aliphatic carboxylic acids is 1. The zero-order valence-electron chi connectivity index (χ0n) is 12.2. The van der Waals surface area contributed by atoms with Gasteiger partial charge in [0.05, 0.1) is 0 Å². The predicted molar refractivity (Wildman–Crippen MR) is 73.8 cm³/mol. The molecule has 1 atom stereocenters. The minimum Gasteiger partial charge on any atom is -0.480 e. The summed E-state index contributed by atoms with van der Waals surface area (Å²) < 4.78 is 0. The Hall–Kier alpha value is -0.610. The number of carbonyl (C=O) groups is 1. The van der Waals surface area contributed by atoms with E-state index in [0.29, 0.717) is 24.9 Å². The van der Waals surface area contributed by atoms with Gasteiger partial charge in [-0.05, 0) is 38.6 Å². The van der Waals surface area contributed by atoms with Gasteiger partial charge in [-0.3, -0.25) is 4.79 Å². The molecule has 1 saturated carbocycles. The number of nitrogens with one attached hydrogen (secondary N) is 1. The van der Waals surface area contributed by atoms with Crippen molar-refractivity contribution in [2.45, 2.75) is 58.5 Å². The van der Waals surface area contributed by atoms with E-state index in [1.165, 1.54) is 12.8 Å². The highest BCUT2D eigenvalue weighted by molar-refractivity contribution is 5.78. The second-order valence-corrected chi connectivity index (χ2v) is 6.04. The summed E-state index contributed by atoms with van der Waals surface area (Å²) in [5, 5.41) is 12.4. The number of nitrogens with zero attached hydrogens (tertiary/aromatic N) is 1. The Balaban J connectivity index is 2.50. The van der Waals surface area contributed by atoms with E-state index in [1.54, 1.807) is 6.92 Å². The van der Waals surface area contributed by atoms with Gasteiger partial charge in [0.25, 0.3) is 0 Å². The number of rotatable bonds is 9. The maximum atomic E-state index is 11.4. The average Bonchev–Trinajstić information content (AvgIpc) is 3.07. The van der Waals surface area contributed by atoms with E-state index >= 15 is 0 Å². The third kappa shape index (κ3) is 4.58. The molecule has 0 aromatic heterocycles. The van der Waals surface area contributed by atoms with Gasteiger partial charge in [-0.1, -0.05) is 20.8 Å². The molecule has 1 unspecified atom stereocenters. The molecule has 0 spiro atoms. The van der Waals surface area contributed by atoms with Gasteiger partial charge in [-0.15, -0.1) is 0 Å². The molecule has 0 aliphatic heterocycles. The molecule has 0 heterocycles. The molecule has 1 aliphatic carbocycles. The third-order valence-electron chi connectivity index (χ3n) is 3.60. The molecule has 0 aromatic carbocycles. The van der Waals surface area contributed by atoms with Gasteiger partial charge in [0.1, 0.15) is 5.54 Å². The maximum absolute atomic E-state index is 11.4. The monoisotopic (exact) mass is 256 g/mol. The summed E-state index contributed by atoms with van der Waals surface area (Å²) in [6.07, 6.45) is 3.22. The molecular weight excluding hydrogens is 228 g/mol. The summed E-state index contributed by atoms with van der Waals surface area (Å²) >= 11 is 0. The van der Waals surface area contributed by atoms with E-state index in [0.717, 1.165) is 13.1 Å². The number of hydrogen-bond donors (Lipinski definition) is 2. The molecule has 18 heavy (non-hydrogen) atoms. The maximum Gasteiger partial charge on any atom is 0.323 e. The van der Waals surface area contributed by atoms with Gasteiger partial charge in [0.2, 0.25) is 0 Å². The Morgan fingerprint density at radius 3 is 2.50 bits per heavy atom. The molecule has 0 amide bonds. The van der Waals surface area contributed by atoms with Gasteiger partial charge in [-0.25, -0.2) is 0 Å². The summed E-state index contributed by atoms with van der Waals surface area (Å²) in [5.41, 5.74) is -0.793. The summed E-state index contributed by atoms with van der Waals surface area (Å²) in [6.45, 7) is 10.8. The quantitative estimate of drug-likeness (QED) is 0.662. The second kappa shape index (κ2) is 6.53. The number of likely N-dealkylation sites (N-methyl/N-ethyl adjacent to an activating group) is 1. The van der Waals surface area contributed by atoms with Crippen LogP contribution < -0.4 is 5.32 Å². The van der Waals surface area contributed by atoms with Gasteiger partial charge in [0.15, 0.2) is 0 Å². The molecule has 1 rings (SSSR count). The van der Waals surface area contributed by atoms with Crippen LogP contribution in [-0.2, 0) is 4.79 Å². The van der Waals surface area contributed by atoms with Crippen LogP contribution in [0.4, 0.5) is 0 Å². The first-order valence-electron chi connectivity index (χ1n) is 7.11. The zero-order chi connectivity index (χ0) is 13.8. The van der Waals surface area contributed by atoms with E-state index in [2.05, 4.69) is 24.1 Å². The average molecular weight is 256 g/mol. The highest BCUT2D eigenvalue weighted by atomic mass is 16.4. The Bertz CT molecular complexity index is 277. The van der Waals surface area contributed by atoms with Crippen molar-refractivity contribution < 1.29 is 9.90 Å². The Labute approximate surface area is 111 Å². The number of carboxylic acids is 1. The fraction of sp³-hybridized carbons (Fsp3) is 0.929. The highest BCUT2D eigenvalue weighted by Gasteiger charge is 2.35. The molecule has 0 aromatic rings. The van der Waals surface area contributed by atoms with Crippen molar-refractivity contribution >= 4 is 5.97 Å². The summed E-state index contributed by atoms with van der Waals surface area (Å²) in [4.78, 5) is 13.8. The molecular formula is C14H28N2O2. The lowest BCUT2D eigenvalue weighted by Crippen LogP contribution is -2.51. The van der Waals surface area contributed by atoms with Crippen LogP contribution in [0, 0.1) is 5.92 Å². The number of hydrogen-bond acceptors (Lipinski definition) is 3. The van der Waals surface area contributed by atoms with E-state index in [-0.39, 0.29) is 0 Å². The van der Waals surface area contributed by atoms with Crippen molar-refractivity contribution in [3.05, 3.63) is 0 Å². The lowest BCUT2D eigenvalue weighted by molar-refractivity contribution is -0.144. The SMILES string of the molecule is CCNC(C)(CCN(CC(C)C)C1CC1)C(=O)O.